The van der Waals surface area contributed by atoms with Gasteiger partial charge in [-0.15, -0.1) is 0 Å². The van der Waals surface area contributed by atoms with E-state index < -0.39 is 0 Å². The molecule has 1 aliphatic carbocycles. The van der Waals surface area contributed by atoms with Gasteiger partial charge in [0.05, 0.1) is 0 Å². The van der Waals surface area contributed by atoms with Gasteiger partial charge in [0.1, 0.15) is 5.82 Å². The van der Waals surface area contributed by atoms with Crippen LogP contribution in [-0.4, -0.2) is 18.0 Å². The maximum absolute atomic E-state index is 13.2. The average molecular weight is 222 g/mol. The molecule has 2 N–H and O–H groups in total. The van der Waals surface area contributed by atoms with Gasteiger partial charge >= 0.3 is 0 Å². The quantitative estimate of drug-likeness (QED) is 0.846. The second-order valence-electron chi connectivity index (χ2n) is 4.62. The van der Waals surface area contributed by atoms with Crippen molar-refractivity contribution in [3.05, 3.63) is 35.1 Å². The zero-order valence-corrected chi connectivity index (χ0v) is 9.75. The summed E-state index contributed by atoms with van der Waals surface area (Å²) < 4.78 is 13.2. The molecule has 0 spiro atoms. The van der Waals surface area contributed by atoms with Crippen LogP contribution in [0.25, 0.3) is 0 Å². The maximum Gasteiger partial charge on any atom is 0.123 e. The normalized spacial score (nSPS) is 16.5. The first-order valence-corrected chi connectivity index (χ1v) is 5.88. The minimum Gasteiger partial charge on any atom is -0.326 e. The number of nitrogens with two attached hydrogens (primary N) is 1. The van der Waals surface area contributed by atoms with Crippen LogP contribution in [0.5, 0.6) is 0 Å². The van der Waals surface area contributed by atoms with Crippen LogP contribution in [0.3, 0.4) is 0 Å². The molecule has 0 bridgehead atoms. The molecule has 0 heterocycles. The van der Waals surface area contributed by atoms with Crippen molar-refractivity contribution in [2.75, 3.05) is 7.05 Å². The molecule has 2 rings (SSSR count). The van der Waals surface area contributed by atoms with Crippen LogP contribution in [0.1, 0.15) is 30.4 Å². The van der Waals surface area contributed by atoms with E-state index in [1.54, 1.807) is 12.1 Å². The second kappa shape index (κ2) is 4.93. The Balaban J connectivity index is 2.09. The number of halogens is 1. The molecule has 0 amide bonds. The smallest absolute Gasteiger partial charge is 0.123 e. The van der Waals surface area contributed by atoms with Gasteiger partial charge in [0.25, 0.3) is 0 Å². The van der Waals surface area contributed by atoms with Crippen molar-refractivity contribution in [2.24, 2.45) is 5.73 Å². The molecule has 0 atom stereocenters. The van der Waals surface area contributed by atoms with Gasteiger partial charge in [-0.2, -0.15) is 0 Å². The van der Waals surface area contributed by atoms with E-state index in [2.05, 4.69) is 11.9 Å². The molecule has 88 valence electrons. The van der Waals surface area contributed by atoms with Gasteiger partial charge in [0, 0.05) is 19.1 Å². The number of benzene rings is 1. The van der Waals surface area contributed by atoms with E-state index in [9.17, 15) is 4.39 Å². The molecule has 0 radical (unpaired) electrons. The summed E-state index contributed by atoms with van der Waals surface area (Å²) in [6.45, 7) is 1.28. The van der Waals surface area contributed by atoms with E-state index >= 15 is 0 Å². The predicted octanol–water partition coefficient (Wildman–Crippen LogP) is 2.27. The zero-order valence-electron chi connectivity index (χ0n) is 9.75. The molecule has 2 nitrogen and oxygen atoms in total. The highest BCUT2D eigenvalue weighted by atomic mass is 19.1. The fourth-order valence-corrected chi connectivity index (χ4v) is 2.17. The van der Waals surface area contributed by atoms with Crippen molar-refractivity contribution >= 4 is 0 Å². The third-order valence-electron chi connectivity index (χ3n) is 3.51. The van der Waals surface area contributed by atoms with Crippen molar-refractivity contribution in [1.29, 1.82) is 0 Å². The SMILES string of the molecule is CN(Cc1cc(F)ccc1CN)C1CCC1. The van der Waals surface area contributed by atoms with E-state index in [4.69, 9.17) is 5.73 Å². The molecule has 0 unspecified atom stereocenters. The third-order valence-corrected chi connectivity index (χ3v) is 3.51. The fourth-order valence-electron chi connectivity index (χ4n) is 2.17. The second-order valence-corrected chi connectivity index (χ2v) is 4.62. The first-order valence-electron chi connectivity index (χ1n) is 5.88. The molecule has 1 aromatic carbocycles. The summed E-state index contributed by atoms with van der Waals surface area (Å²) in [6, 6.07) is 5.56. The monoisotopic (exact) mass is 222 g/mol. The van der Waals surface area contributed by atoms with Crippen LogP contribution in [0.4, 0.5) is 4.39 Å². The summed E-state index contributed by atoms with van der Waals surface area (Å²) in [5.41, 5.74) is 7.73. The van der Waals surface area contributed by atoms with Gasteiger partial charge in [-0.05, 0) is 43.1 Å². The van der Waals surface area contributed by atoms with Gasteiger partial charge in [-0.3, -0.25) is 4.90 Å². The van der Waals surface area contributed by atoms with E-state index in [-0.39, 0.29) is 5.82 Å². The Morgan fingerprint density at radius 2 is 2.12 bits per heavy atom. The molecule has 0 aliphatic heterocycles. The summed E-state index contributed by atoms with van der Waals surface area (Å²) in [4.78, 5) is 2.30. The Bertz CT molecular complexity index is 361. The lowest BCUT2D eigenvalue weighted by atomic mass is 9.91. The van der Waals surface area contributed by atoms with Gasteiger partial charge < -0.3 is 5.73 Å². The summed E-state index contributed by atoms with van der Waals surface area (Å²) in [7, 11) is 2.11. The molecule has 1 aromatic rings. The molecular formula is C13H19FN2. The number of hydrogen-bond acceptors (Lipinski definition) is 2. The van der Waals surface area contributed by atoms with Gasteiger partial charge in [-0.1, -0.05) is 12.5 Å². The summed E-state index contributed by atoms with van der Waals surface area (Å²) >= 11 is 0. The minimum atomic E-state index is -0.172. The minimum absolute atomic E-state index is 0.172. The van der Waals surface area contributed by atoms with E-state index in [0.717, 1.165) is 17.7 Å². The van der Waals surface area contributed by atoms with Crippen molar-refractivity contribution in [3.8, 4) is 0 Å². The van der Waals surface area contributed by atoms with Crippen molar-refractivity contribution in [2.45, 2.75) is 38.4 Å². The van der Waals surface area contributed by atoms with Crippen LogP contribution >= 0.6 is 0 Å². The molecule has 3 heteroatoms. The highest BCUT2D eigenvalue weighted by Crippen LogP contribution is 2.25. The highest BCUT2D eigenvalue weighted by Gasteiger charge is 2.22. The van der Waals surface area contributed by atoms with Crippen molar-refractivity contribution in [3.63, 3.8) is 0 Å². The molecule has 1 saturated carbocycles. The lowest BCUT2D eigenvalue weighted by Gasteiger charge is -2.35. The van der Waals surface area contributed by atoms with E-state index in [1.165, 1.54) is 25.3 Å². The Morgan fingerprint density at radius 1 is 1.38 bits per heavy atom. The van der Waals surface area contributed by atoms with Crippen LogP contribution in [0.2, 0.25) is 0 Å². The predicted molar refractivity (Wildman–Crippen MR) is 63.4 cm³/mol. The molecule has 0 saturated heterocycles. The Labute approximate surface area is 96.2 Å². The topological polar surface area (TPSA) is 29.3 Å². The molecule has 16 heavy (non-hydrogen) atoms. The van der Waals surface area contributed by atoms with Gasteiger partial charge in [0.2, 0.25) is 0 Å². The zero-order chi connectivity index (χ0) is 11.5. The largest absolute Gasteiger partial charge is 0.326 e. The highest BCUT2D eigenvalue weighted by molar-refractivity contribution is 5.27. The first kappa shape index (κ1) is 11.6. The molecular weight excluding hydrogens is 203 g/mol. The number of hydrogen-bond donors (Lipinski definition) is 1. The van der Waals surface area contributed by atoms with Crippen LogP contribution in [0.15, 0.2) is 18.2 Å². The third kappa shape index (κ3) is 2.42. The molecule has 0 aromatic heterocycles. The Kier molecular flexibility index (Phi) is 3.56. The maximum atomic E-state index is 13.2. The Morgan fingerprint density at radius 3 is 2.69 bits per heavy atom. The lowest BCUT2D eigenvalue weighted by molar-refractivity contribution is 0.152. The fraction of sp³-hybridized carbons (Fsp3) is 0.538. The number of rotatable bonds is 4. The Hall–Kier alpha value is -0.930. The van der Waals surface area contributed by atoms with Crippen LogP contribution < -0.4 is 5.73 Å². The van der Waals surface area contributed by atoms with Gasteiger partial charge in [-0.25, -0.2) is 4.39 Å². The molecule has 1 fully saturated rings. The van der Waals surface area contributed by atoms with Gasteiger partial charge in [0.15, 0.2) is 0 Å². The number of nitrogens with zero attached hydrogens (tertiary/aromatic N) is 1. The molecule has 1 aliphatic rings. The summed E-state index contributed by atoms with van der Waals surface area (Å²) in [5.74, 6) is -0.172. The average Bonchev–Trinajstić information content (AvgIpc) is 2.15. The summed E-state index contributed by atoms with van der Waals surface area (Å²) in [5, 5.41) is 0. The standard InChI is InChI=1S/C13H19FN2/c1-16(13-3-2-4-13)9-11-7-12(14)6-5-10(11)8-15/h5-7,13H,2-4,8-9,15H2,1H3. The van der Waals surface area contributed by atoms with Crippen LogP contribution in [0, 0.1) is 5.82 Å². The van der Waals surface area contributed by atoms with Crippen molar-refractivity contribution < 1.29 is 4.39 Å². The van der Waals surface area contributed by atoms with Crippen LogP contribution in [-0.2, 0) is 13.1 Å². The van der Waals surface area contributed by atoms with E-state index in [1.807, 2.05) is 0 Å². The summed E-state index contributed by atoms with van der Waals surface area (Å²) in [6.07, 6.45) is 3.86. The van der Waals surface area contributed by atoms with E-state index in [0.29, 0.717) is 12.6 Å². The lowest BCUT2D eigenvalue weighted by Crippen LogP contribution is -2.36. The first-order chi connectivity index (χ1) is 7.70. The van der Waals surface area contributed by atoms with Crippen molar-refractivity contribution in [1.82, 2.24) is 4.90 Å².